The molecule has 0 spiro atoms. The Bertz CT molecular complexity index is 508. The number of H-pyrrole nitrogens is 1. The molecule has 4 nitrogen and oxygen atoms in total. The van der Waals surface area contributed by atoms with Crippen molar-refractivity contribution in [2.75, 3.05) is 11.9 Å². The van der Waals surface area contributed by atoms with Crippen molar-refractivity contribution in [2.24, 2.45) is 0 Å². The molecule has 9 heteroatoms. The van der Waals surface area contributed by atoms with Gasteiger partial charge in [-0.1, -0.05) is 11.3 Å². The van der Waals surface area contributed by atoms with Gasteiger partial charge in [0.1, 0.15) is 3.79 Å². The van der Waals surface area contributed by atoms with Crippen LogP contribution in [0.4, 0.5) is 18.3 Å². The number of nitrogens with zero attached hydrogens (tertiary/aromatic N) is 2. The minimum Gasteiger partial charge on any atom is -0.361 e. The second-order valence-corrected chi connectivity index (χ2v) is 5.71. The van der Waals surface area contributed by atoms with E-state index in [0.717, 1.165) is 17.0 Å². The van der Waals surface area contributed by atoms with Gasteiger partial charge in [0, 0.05) is 24.9 Å². The average molecular weight is 341 g/mol. The van der Waals surface area contributed by atoms with Crippen LogP contribution in [0.5, 0.6) is 0 Å². The predicted octanol–water partition coefficient (Wildman–Crippen LogP) is 3.30. The summed E-state index contributed by atoms with van der Waals surface area (Å²) in [4.78, 5) is 3.51. The molecule has 18 heavy (non-hydrogen) atoms. The van der Waals surface area contributed by atoms with E-state index in [0.29, 0.717) is 13.0 Å². The van der Waals surface area contributed by atoms with Crippen LogP contribution >= 0.6 is 27.3 Å². The van der Waals surface area contributed by atoms with Gasteiger partial charge in [0.2, 0.25) is 0 Å². The zero-order valence-corrected chi connectivity index (χ0v) is 11.3. The summed E-state index contributed by atoms with van der Waals surface area (Å²) in [5.41, 5.74) is 0.0192. The first-order valence-electron chi connectivity index (χ1n) is 4.92. The number of hydrogen-bond donors (Lipinski definition) is 2. The summed E-state index contributed by atoms with van der Waals surface area (Å²) in [6, 6.07) is 1.81. The van der Waals surface area contributed by atoms with E-state index in [-0.39, 0.29) is 8.92 Å². The molecule has 0 atom stereocenters. The van der Waals surface area contributed by atoms with Crippen molar-refractivity contribution in [3.05, 3.63) is 27.4 Å². The highest BCUT2D eigenvalue weighted by atomic mass is 79.9. The summed E-state index contributed by atoms with van der Waals surface area (Å²) in [5.74, 6) is 0. The smallest absolute Gasteiger partial charge is 0.361 e. The summed E-state index contributed by atoms with van der Waals surface area (Å²) < 4.78 is 37.4. The van der Waals surface area contributed by atoms with Gasteiger partial charge in [-0.3, -0.25) is 5.10 Å². The molecule has 2 heterocycles. The van der Waals surface area contributed by atoms with E-state index in [1.54, 1.807) is 12.3 Å². The zero-order chi connectivity index (χ0) is 13.2. The summed E-state index contributed by atoms with van der Waals surface area (Å²) >= 11 is 3.79. The van der Waals surface area contributed by atoms with Crippen molar-refractivity contribution in [2.45, 2.75) is 12.6 Å². The summed E-state index contributed by atoms with van der Waals surface area (Å²) in [5, 5.41) is 9.63. The number of hydrogen-bond acceptors (Lipinski definition) is 4. The summed E-state index contributed by atoms with van der Waals surface area (Å²) in [7, 11) is 0. The molecule has 0 saturated heterocycles. The fourth-order valence-electron chi connectivity index (χ4n) is 1.28. The normalized spacial score (nSPS) is 11.8. The van der Waals surface area contributed by atoms with Crippen LogP contribution in [0.2, 0.25) is 0 Å². The maximum Gasteiger partial charge on any atom is 0.435 e. The molecule has 0 aliphatic rings. The molecule has 2 rings (SSSR count). The predicted molar refractivity (Wildman–Crippen MR) is 65.6 cm³/mol. The SMILES string of the molecule is FC(F)(F)c1nc(NCCc2ccn[nH]2)sc1Br. The summed E-state index contributed by atoms with van der Waals surface area (Å²) in [6.07, 6.45) is -2.17. The number of alkyl halides is 3. The number of rotatable bonds is 4. The first-order chi connectivity index (χ1) is 8.47. The van der Waals surface area contributed by atoms with Gasteiger partial charge in [-0.05, 0) is 22.0 Å². The zero-order valence-electron chi connectivity index (χ0n) is 8.88. The lowest BCUT2D eigenvalue weighted by Crippen LogP contribution is -2.08. The number of aromatic amines is 1. The first kappa shape index (κ1) is 13.3. The third-order valence-electron chi connectivity index (χ3n) is 2.08. The van der Waals surface area contributed by atoms with Crippen LogP contribution in [-0.4, -0.2) is 21.7 Å². The van der Waals surface area contributed by atoms with Crippen molar-refractivity contribution in [1.82, 2.24) is 15.2 Å². The van der Waals surface area contributed by atoms with E-state index in [1.165, 1.54) is 0 Å². The van der Waals surface area contributed by atoms with Crippen molar-refractivity contribution < 1.29 is 13.2 Å². The molecule has 0 bridgehead atoms. The highest BCUT2D eigenvalue weighted by molar-refractivity contribution is 9.11. The fourth-order valence-corrected chi connectivity index (χ4v) is 2.79. The van der Waals surface area contributed by atoms with Crippen molar-refractivity contribution in [3.63, 3.8) is 0 Å². The molecule has 0 aromatic carbocycles. The Morgan fingerprint density at radius 1 is 1.44 bits per heavy atom. The molecule has 0 radical (unpaired) electrons. The first-order valence-corrected chi connectivity index (χ1v) is 6.53. The van der Waals surface area contributed by atoms with E-state index < -0.39 is 11.9 Å². The molecule has 0 saturated carbocycles. The molecular weight excluding hydrogens is 333 g/mol. The van der Waals surface area contributed by atoms with E-state index >= 15 is 0 Å². The third-order valence-corrected chi connectivity index (χ3v) is 3.75. The molecule has 2 N–H and O–H groups in total. The number of anilines is 1. The Morgan fingerprint density at radius 2 is 2.22 bits per heavy atom. The van der Waals surface area contributed by atoms with Crippen LogP contribution < -0.4 is 5.32 Å². The average Bonchev–Trinajstić information content (AvgIpc) is 2.87. The Hall–Kier alpha value is -1.09. The third kappa shape index (κ3) is 3.22. The lowest BCUT2D eigenvalue weighted by Gasteiger charge is -2.02. The van der Waals surface area contributed by atoms with Gasteiger partial charge in [-0.15, -0.1) is 0 Å². The standard InChI is InChI=1S/C9H8BrF3N4S/c10-7-6(9(11,12)13)16-8(18-7)14-3-1-5-2-4-15-17-5/h2,4H,1,3H2,(H,14,16)(H,15,17). The molecule has 98 valence electrons. The molecule has 2 aromatic heterocycles. The van der Waals surface area contributed by atoms with E-state index in [9.17, 15) is 13.2 Å². The fraction of sp³-hybridized carbons (Fsp3) is 0.333. The maximum atomic E-state index is 12.5. The lowest BCUT2D eigenvalue weighted by molar-refractivity contribution is -0.141. The van der Waals surface area contributed by atoms with E-state index in [4.69, 9.17) is 0 Å². The van der Waals surface area contributed by atoms with Crippen LogP contribution in [0.25, 0.3) is 0 Å². The van der Waals surface area contributed by atoms with Crippen LogP contribution in [0.1, 0.15) is 11.4 Å². The highest BCUT2D eigenvalue weighted by Gasteiger charge is 2.36. The summed E-state index contributed by atoms with van der Waals surface area (Å²) in [6.45, 7) is 0.486. The molecule has 2 aromatic rings. The van der Waals surface area contributed by atoms with Crippen molar-refractivity contribution in [3.8, 4) is 0 Å². The highest BCUT2D eigenvalue weighted by Crippen LogP contribution is 2.39. The number of thiazole rings is 1. The minimum atomic E-state index is -4.43. The van der Waals surface area contributed by atoms with Crippen molar-refractivity contribution >= 4 is 32.4 Å². The van der Waals surface area contributed by atoms with Gasteiger partial charge in [0.05, 0.1) is 0 Å². The monoisotopic (exact) mass is 340 g/mol. The second-order valence-electron chi connectivity index (χ2n) is 3.40. The van der Waals surface area contributed by atoms with Gasteiger partial charge < -0.3 is 5.32 Å². The second kappa shape index (κ2) is 5.27. The Morgan fingerprint density at radius 3 is 2.78 bits per heavy atom. The van der Waals surface area contributed by atoms with E-state index in [1.807, 2.05) is 0 Å². The van der Waals surface area contributed by atoms with Gasteiger partial charge in [0.25, 0.3) is 0 Å². The molecule has 0 unspecified atom stereocenters. The topological polar surface area (TPSA) is 53.6 Å². The molecule has 0 aliphatic carbocycles. The van der Waals surface area contributed by atoms with E-state index in [2.05, 4.69) is 36.4 Å². The van der Waals surface area contributed by atoms with Gasteiger partial charge >= 0.3 is 6.18 Å². The molecule has 0 aliphatic heterocycles. The lowest BCUT2D eigenvalue weighted by atomic mass is 10.3. The van der Waals surface area contributed by atoms with Crippen LogP contribution in [0, 0.1) is 0 Å². The maximum absolute atomic E-state index is 12.5. The van der Waals surface area contributed by atoms with Gasteiger partial charge in [-0.2, -0.15) is 18.3 Å². The minimum absolute atomic E-state index is 0.0148. The molecule has 0 fully saturated rings. The molecule has 0 amide bonds. The van der Waals surface area contributed by atoms with Gasteiger partial charge in [-0.25, -0.2) is 4.98 Å². The molecular formula is C9H8BrF3N4S. The van der Waals surface area contributed by atoms with Crippen LogP contribution in [-0.2, 0) is 12.6 Å². The van der Waals surface area contributed by atoms with Crippen molar-refractivity contribution in [1.29, 1.82) is 0 Å². The Labute approximate surface area is 113 Å². The number of aromatic nitrogens is 3. The largest absolute Gasteiger partial charge is 0.435 e. The Kier molecular flexibility index (Phi) is 3.91. The van der Waals surface area contributed by atoms with Crippen LogP contribution in [0.3, 0.4) is 0 Å². The number of halogens is 4. The quantitative estimate of drug-likeness (QED) is 0.897. The number of nitrogens with one attached hydrogen (secondary N) is 2. The Balaban J connectivity index is 1.94. The van der Waals surface area contributed by atoms with Gasteiger partial charge in [0.15, 0.2) is 10.8 Å². The van der Waals surface area contributed by atoms with Crippen LogP contribution in [0.15, 0.2) is 16.0 Å².